The van der Waals surface area contributed by atoms with Gasteiger partial charge >= 0.3 is 0 Å². The molecule has 0 spiro atoms. The molecule has 0 bridgehead atoms. The molecule has 1 N–H and O–H groups in total. The maximum Gasteiger partial charge on any atom is 0.0951 e. The van der Waals surface area contributed by atoms with Crippen LogP contribution in [0.3, 0.4) is 0 Å². The smallest absolute Gasteiger partial charge is 0.0951 e. The fourth-order valence-corrected chi connectivity index (χ4v) is 2.38. The third-order valence-electron chi connectivity index (χ3n) is 2.82. The molecule has 0 aliphatic heterocycles. The fraction of sp³-hybridized carbons (Fsp3) is 0.357. The van der Waals surface area contributed by atoms with Crippen LogP contribution in [0.5, 0.6) is 0 Å². The summed E-state index contributed by atoms with van der Waals surface area (Å²) in [5.74, 6) is 0. The highest BCUT2D eigenvalue weighted by Crippen LogP contribution is 2.27. The number of nitrogens with zero attached hydrogens (tertiary/aromatic N) is 2. The molecule has 96 valence electrons. The minimum atomic E-state index is 0.941. The Hall–Kier alpha value is -1.13. The molecule has 0 amide bonds. The summed E-state index contributed by atoms with van der Waals surface area (Å²) in [7, 11) is 0. The molecule has 0 saturated heterocycles. The lowest BCUT2D eigenvalue weighted by Crippen LogP contribution is -2.20. The molecule has 0 saturated carbocycles. The average Bonchev–Trinajstić information content (AvgIpc) is 2.83. The van der Waals surface area contributed by atoms with Gasteiger partial charge in [-0.2, -0.15) is 0 Å². The van der Waals surface area contributed by atoms with Gasteiger partial charge in [0.1, 0.15) is 0 Å². The molecule has 1 heterocycles. The first kappa shape index (κ1) is 13.3. The molecule has 0 aliphatic rings. The van der Waals surface area contributed by atoms with Crippen molar-refractivity contribution >= 4 is 15.9 Å². The Morgan fingerprint density at radius 3 is 2.89 bits per heavy atom. The zero-order valence-corrected chi connectivity index (χ0v) is 12.2. The van der Waals surface area contributed by atoms with Gasteiger partial charge in [0.2, 0.25) is 0 Å². The van der Waals surface area contributed by atoms with E-state index in [9.17, 15) is 0 Å². The predicted molar refractivity (Wildman–Crippen MR) is 78.5 cm³/mol. The normalized spacial score (nSPS) is 10.8. The minimum Gasteiger partial charge on any atom is -0.329 e. The molecule has 2 aromatic rings. The van der Waals surface area contributed by atoms with Crippen LogP contribution in [0.25, 0.3) is 11.3 Å². The van der Waals surface area contributed by atoms with Crippen molar-refractivity contribution in [3.63, 3.8) is 0 Å². The van der Waals surface area contributed by atoms with E-state index in [0.29, 0.717) is 0 Å². The van der Waals surface area contributed by atoms with Gasteiger partial charge in [-0.25, -0.2) is 4.98 Å². The summed E-state index contributed by atoms with van der Waals surface area (Å²) < 4.78 is 3.29. The third-order valence-corrected chi connectivity index (χ3v) is 3.51. The van der Waals surface area contributed by atoms with Crippen LogP contribution in [-0.4, -0.2) is 22.6 Å². The summed E-state index contributed by atoms with van der Waals surface area (Å²) in [6, 6.07) is 8.24. The molecular weight excluding hydrogens is 290 g/mol. The Bertz CT molecular complexity index is 493. The van der Waals surface area contributed by atoms with Crippen LogP contribution in [-0.2, 0) is 6.54 Å². The van der Waals surface area contributed by atoms with Gasteiger partial charge in [0.25, 0.3) is 0 Å². The molecule has 0 aliphatic carbocycles. The Labute approximate surface area is 116 Å². The molecule has 1 aromatic carbocycles. The molecule has 18 heavy (non-hydrogen) atoms. The molecule has 0 atom stereocenters. The van der Waals surface area contributed by atoms with Gasteiger partial charge in [0, 0.05) is 23.1 Å². The lowest BCUT2D eigenvalue weighted by molar-refractivity contribution is 0.596. The summed E-state index contributed by atoms with van der Waals surface area (Å²) in [6.45, 7) is 5.16. The molecule has 1 aromatic heterocycles. The molecule has 3 nitrogen and oxygen atoms in total. The van der Waals surface area contributed by atoms with Crippen LogP contribution >= 0.6 is 15.9 Å². The van der Waals surface area contributed by atoms with Crippen molar-refractivity contribution in [3.8, 4) is 11.3 Å². The van der Waals surface area contributed by atoms with Crippen molar-refractivity contribution < 1.29 is 0 Å². The zero-order valence-electron chi connectivity index (χ0n) is 10.6. The van der Waals surface area contributed by atoms with E-state index in [0.717, 1.165) is 29.8 Å². The van der Waals surface area contributed by atoms with Gasteiger partial charge in [-0.1, -0.05) is 41.1 Å². The van der Waals surface area contributed by atoms with Crippen molar-refractivity contribution in [1.82, 2.24) is 14.9 Å². The summed E-state index contributed by atoms with van der Waals surface area (Å²) in [4.78, 5) is 4.25. The van der Waals surface area contributed by atoms with Gasteiger partial charge in [0.15, 0.2) is 0 Å². The number of benzene rings is 1. The summed E-state index contributed by atoms with van der Waals surface area (Å²) in [5, 5.41) is 3.41. The van der Waals surface area contributed by atoms with E-state index in [1.165, 1.54) is 12.0 Å². The second kappa shape index (κ2) is 6.71. The largest absolute Gasteiger partial charge is 0.329 e. The predicted octanol–water partition coefficient (Wildman–Crippen LogP) is 3.31. The fourth-order valence-electron chi connectivity index (χ4n) is 1.89. The van der Waals surface area contributed by atoms with Crippen molar-refractivity contribution in [2.45, 2.75) is 19.9 Å². The van der Waals surface area contributed by atoms with Crippen molar-refractivity contribution in [3.05, 3.63) is 41.3 Å². The summed E-state index contributed by atoms with van der Waals surface area (Å²) in [6.07, 6.45) is 4.98. The zero-order chi connectivity index (χ0) is 12.8. The Balaban J connectivity index is 2.10. The monoisotopic (exact) mass is 307 g/mol. The first-order valence-corrected chi connectivity index (χ1v) is 7.08. The van der Waals surface area contributed by atoms with E-state index in [-0.39, 0.29) is 0 Å². The highest BCUT2D eigenvalue weighted by Gasteiger charge is 2.07. The molecular formula is C14H18BrN3. The van der Waals surface area contributed by atoms with Crippen molar-refractivity contribution in [2.75, 3.05) is 13.1 Å². The maximum absolute atomic E-state index is 4.25. The Morgan fingerprint density at radius 1 is 1.28 bits per heavy atom. The van der Waals surface area contributed by atoms with Crippen LogP contribution in [0.1, 0.15) is 13.3 Å². The number of imidazole rings is 1. The number of halogens is 1. The second-order valence-electron chi connectivity index (χ2n) is 4.20. The van der Waals surface area contributed by atoms with Crippen LogP contribution in [0.4, 0.5) is 0 Å². The van der Waals surface area contributed by atoms with E-state index in [2.05, 4.69) is 49.9 Å². The van der Waals surface area contributed by atoms with Crippen molar-refractivity contribution in [1.29, 1.82) is 0 Å². The SMILES string of the molecule is CCCNCCn1cncc1-c1ccccc1Br. The highest BCUT2D eigenvalue weighted by molar-refractivity contribution is 9.10. The summed E-state index contributed by atoms with van der Waals surface area (Å²) in [5.41, 5.74) is 2.34. The van der Waals surface area contributed by atoms with Crippen LogP contribution in [0.15, 0.2) is 41.3 Å². The Kier molecular flexibility index (Phi) is 4.96. The van der Waals surface area contributed by atoms with E-state index in [4.69, 9.17) is 0 Å². The topological polar surface area (TPSA) is 29.9 Å². The first-order chi connectivity index (χ1) is 8.83. The molecule has 0 radical (unpaired) electrons. The number of aromatic nitrogens is 2. The maximum atomic E-state index is 4.25. The van der Waals surface area contributed by atoms with Crippen LogP contribution in [0, 0.1) is 0 Å². The van der Waals surface area contributed by atoms with Crippen LogP contribution < -0.4 is 5.32 Å². The van der Waals surface area contributed by atoms with E-state index >= 15 is 0 Å². The third kappa shape index (κ3) is 3.21. The minimum absolute atomic E-state index is 0.941. The van der Waals surface area contributed by atoms with E-state index in [1.807, 2.05) is 24.7 Å². The van der Waals surface area contributed by atoms with Crippen LogP contribution in [0.2, 0.25) is 0 Å². The molecule has 0 fully saturated rings. The molecule has 0 unspecified atom stereocenters. The van der Waals surface area contributed by atoms with E-state index < -0.39 is 0 Å². The van der Waals surface area contributed by atoms with Gasteiger partial charge in [-0.05, 0) is 19.0 Å². The number of nitrogens with one attached hydrogen (secondary N) is 1. The van der Waals surface area contributed by atoms with E-state index in [1.54, 1.807) is 0 Å². The number of hydrogen-bond acceptors (Lipinski definition) is 2. The second-order valence-corrected chi connectivity index (χ2v) is 5.06. The molecule has 4 heteroatoms. The Morgan fingerprint density at radius 2 is 2.11 bits per heavy atom. The lowest BCUT2D eigenvalue weighted by atomic mass is 10.2. The van der Waals surface area contributed by atoms with Crippen molar-refractivity contribution in [2.24, 2.45) is 0 Å². The quantitative estimate of drug-likeness (QED) is 0.830. The molecule has 2 rings (SSSR count). The first-order valence-electron chi connectivity index (χ1n) is 6.28. The standard InChI is InChI=1S/C14H18BrN3/c1-2-7-16-8-9-18-11-17-10-14(18)12-5-3-4-6-13(12)15/h3-6,10-11,16H,2,7-9H2,1H3. The van der Waals surface area contributed by atoms with Gasteiger partial charge in [0.05, 0.1) is 18.2 Å². The average molecular weight is 308 g/mol. The van der Waals surface area contributed by atoms with Gasteiger partial charge in [-0.3, -0.25) is 0 Å². The van der Waals surface area contributed by atoms with Gasteiger partial charge in [-0.15, -0.1) is 0 Å². The highest BCUT2D eigenvalue weighted by atomic mass is 79.9. The summed E-state index contributed by atoms with van der Waals surface area (Å²) >= 11 is 3.59. The number of hydrogen-bond donors (Lipinski definition) is 1. The van der Waals surface area contributed by atoms with Gasteiger partial charge < -0.3 is 9.88 Å². The number of rotatable bonds is 6. The lowest BCUT2D eigenvalue weighted by Gasteiger charge is -2.10.